The Kier molecular flexibility index (Phi) is 4.51. The van der Waals surface area contributed by atoms with Crippen LogP contribution >= 0.6 is 11.6 Å². The fourth-order valence-corrected chi connectivity index (χ4v) is 3.82. The number of carbonyl (C=O) groups excluding carboxylic acids is 1. The third kappa shape index (κ3) is 3.01. The van der Waals surface area contributed by atoms with Crippen molar-refractivity contribution in [3.8, 4) is 11.3 Å². The summed E-state index contributed by atoms with van der Waals surface area (Å²) in [5.41, 5.74) is 4.17. The minimum Gasteiger partial charge on any atom is -0.355 e. The summed E-state index contributed by atoms with van der Waals surface area (Å²) >= 11 is 6.28. The Balaban J connectivity index is 1.67. The number of amides is 1. The minimum atomic E-state index is -0.180. The number of rotatable bonds is 3. The minimum absolute atomic E-state index is 0.000783. The van der Waals surface area contributed by atoms with E-state index in [9.17, 15) is 4.79 Å². The van der Waals surface area contributed by atoms with Gasteiger partial charge in [0.1, 0.15) is 5.56 Å². The lowest BCUT2D eigenvalue weighted by atomic mass is 9.87. The lowest BCUT2D eigenvalue weighted by molar-refractivity contribution is 0.0932. The van der Waals surface area contributed by atoms with E-state index in [4.69, 9.17) is 16.1 Å². The van der Waals surface area contributed by atoms with Crippen molar-refractivity contribution < 1.29 is 9.32 Å². The molecular weight excluding hydrogens is 348 g/mol. The van der Waals surface area contributed by atoms with E-state index < -0.39 is 0 Å². The van der Waals surface area contributed by atoms with Gasteiger partial charge in [0.2, 0.25) is 0 Å². The summed E-state index contributed by atoms with van der Waals surface area (Å²) in [5, 5.41) is 7.69. The SMILES string of the molecule is Cc1noc(-c2ccccc2Cl)c1C(=O)N[C@@H]1CCCc2ccccc21. The highest BCUT2D eigenvalue weighted by Crippen LogP contribution is 2.34. The number of halogens is 1. The van der Waals surface area contributed by atoms with Gasteiger partial charge in [-0.05, 0) is 49.4 Å². The second kappa shape index (κ2) is 6.96. The molecule has 4 rings (SSSR count). The Morgan fingerprint density at radius 1 is 1.19 bits per heavy atom. The van der Waals surface area contributed by atoms with Gasteiger partial charge in [-0.3, -0.25) is 4.79 Å². The monoisotopic (exact) mass is 366 g/mol. The zero-order valence-electron chi connectivity index (χ0n) is 14.5. The average Bonchev–Trinajstić information content (AvgIpc) is 3.04. The Bertz CT molecular complexity index is 964. The van der Waals surface area contributed by atoms with Gasteiger partial charge in [-0.2, -0.15) is 0 Å². The molecule has 1 aliphatic rings. The van der Waals surface area contributed by atoms with Crippen LogP contribution in [0.4, 0.5) is 0 Å². The highest BCUT2D eigenvalue weighted by atomic mass is 35.5. The first kappa shape index (κ1) is 16.9. The number of benzene rings is 2. The molecule has 0 aliphatic heterocycles. The molecule has 1 atom stereocenters. The molecule has 2 aromatic carbocycles. The van der Waals surface area contributed by atoms with Gasteiger partial charge in [0.15, 0.2) is 5.76 Å². The van der Waals surface area contributed by atoms with Crippen molar-refractivity contribution in [1.82, 2.24) is 10.5 Å². The van der Waals surface area contributed by atoms with E-state index in [1.165, 1.54) is 11.1 Å². The van der Waals surface area contributed by atoms with Gasteiger partial charge in [0.25, 0.3) is 5.91 Å². The molecule has 0 bridgehead atoms. The van der Waals surface area contributed by atoms with E-state index in [1.807, 2.05) is 30.3 Å². The summed E-state index contributed by atoms with van der Waals surface area (Å²) in [6.45, 7) is 1.77. The van der Waals surface area contributed by atoms with Gasteiger partial charge in [-0.1, -0.05) is 53.2 Å². The molecular formula is C21H19ClN2O2. The molecule has 1 amide bonds. The molecule has 0 radical (unpaired) electrons. The molecule has 5 heteroatoms. The fraction of sp³-hybridized carbons (Fsp3) is 0.238. The standard InChI is InChI=1S/C21H19ClN2O2/c1-13-19(20(26-24-13)16-10-4-5-11-17(16)22)21(25)23-18-12-6-8-14-7-2-3-9-15(14)18/h2-5,7,9-11,18H,6,8,12H2,1H3,(H,23,25)/t18-/m1/s1. The Labute approximate surface area is 157 Å². The Morgan fingerprint density at radius 3 is 2.81 bits per heavy atom. The molecule has 1 aliphatic carbocycles. The van der Waals surface area contributed by atoms with Gasteiger partial charge in [-0.15, -0.1) is 0 Å². The molecule has 4 nitrogen and oxygen atoms in total. The third-order valence-corrected chi connectivity index (χ3v) is 5.21. The normalized spacial score (nSPS) is 16.2. The second-order valence-corrected chi connectivity index (χ2v) is 6.98. The summed E-state index contributed by atoms with van der Waals surface area (Å²) in [6, 6.07) is 15.6. The van der Waals surface area contributed by atoms with Crippen LogP contribution in [-0.2, 0) is 6.42 Å². The molecule has 1 N–H and O–H groups in total. The number of carbonyl (C=O) groups is 1. The van der Waals surface area contributed by atoms with Crippen molar-refractivity contribution in [3.63, 3.8) is 0 Å². The quantitative estimate of drug-likeness (QED) is 0.700. The molecule has 1 aromatic heterocycles. The van der Waals surface area contributed by atoms with Gasteiger partial charge >= 0.3 is 0 Å². The maximum absolute atomic E-state index is 13.1. The van der Waals surface area contributed by atoms with Crippen LogP contribution in [0.1, 0.15) is 46.1 Å². The number of nitrogens with zero attached hydrogens (tertiary/aromatic N) is 1. The van der Waals surface area contributed by atoms with Gasteiger partial charge in [0, 0.05) is 5.56 Å². The highest BCUT2D eigenvalue weighted by Gasteiger charge is 2.27. The van der Waals surface area contributed by atoms with Crippen LogP contribution in [0.3, 0.4) is 0 Å². The molecule has 1 heterocycles. The lowest BCUT2D eigenvalue weighted by Gasteiger charge is -2.26. The molecule has 0 fully saturated rings. The van der Waals surface area contributed by atoms with Crippen LogP contribution in [0.2, 0.25) is 5.02 Å². The second-order valence-electron chi connectivity index (χ2n) is 6.57. The summed E-state index contributed by atoms with van der Waals surface area (Å²) < 4.78 is 5.45. The molecule has 0 saturated heterocycles. The number of nitrogens with one attached hydrogen (secondary N) is 1. The first-order valence-electron chi connectivity index (χ1n) is 8.75. The average molecular weight is 367 g/mol. The maximum Gasteiger partial charge on any atom is 0.257 e. The summed E-state index contributed by atoms with van der Waals surface area (Å²) in [7, 11) is 0. The van der Waals surface area contributed by atoms with E-state index in [2.05, 4.69) is 22.6 Å². The molecule has 0 saturated carbocycles. The molecule has 3 aromatic rings. The summed E-state index contributed by atoms with van der Waals surface area (Å²) in [6.07, 6.45) is 3.04. The van der Waals surface area contributed by atoms with E-state index in [0.29, 0.717) is 27.6 Å². The van der Waals surface area contributed by atoms with Crippen LogP contribution in [0.5, 0.6) is 0 Å². The van der Waals surface area contributed by atoms with E-state index in [1.54, 1.807) is 13.0 Å². The van der Waals surface area contributed by atoms with Gasteiger partial charge in [0.05, 0.1) is 16.8 Å². The zero-order valence-corrected chi connectivity index (χ0v) is 15.2. The smallest absolute Gasteiger partial charge is 0.257 e. The van der Waals surface area contributed by atoms with Crippen LogP contribution in [0.15, 0.2) is 53.1 Å². The van der Waals surface area contributed by atoms with Crippen molar-refractivity contribution >= 4 is 17.5 Å². The van der Waals surface area contributed by atoms with E-state index >= 15 is 0 Å². The van der Waals surface area contributed by atoms with Gasteiger partial charge < -0.3 is 9.84 Å². The maximum atomic E-state index is 13.1. The molecule has 26 heavy (non-hydrogen) atoms. The van der Waals surface area contributed by atoms with Crippen molar-refractivity contribution in [1.29, 1.82) is 0 Å². The first-order valence-corrected chi connectivity index (χ1v) is 9.13. The molecule has 0 unspecified atom stereocenters. The van der Waals surface area contributed by atoms with Crippen molar-refractivity contribution in [2.45, 2.75) is 32.2 Å². The van der Waals surface area contributed by atoms with Crippen molar-refractivity contribution in [2.24, 2.45) is 0 Å². The van der Waals surface area contributed by atoms with Gasteiger partial charge in [-0.25, -0.2) is 0 Å². The zero-order chi connectivity index (χ0) is 18.1. The Morgan fingerprint density at radius 2 is 1.96 bits per heavy atom. The predicted octanol–water partition coefficient (Wildman–Crippen LogP) is 5.11. The number of hydrogen-bond acceptors (Lipinski definition) is 3. The number of fused-ring (bicyclic) bond motifs is 1. The molecule has 0 spiro atoms. The first-order chi connectivity index (χ1) is 12.6. The molecule has 132 valence electrons. The highest BCUT2D eigenvalue weighted by molar-refractivity contribution is 6.33. The lowest BCUT2D eigenvalue weighted by Crippen LogP contribution is -2.31. The largest absolute Gasteiger partial charge is 0.355 e. The van der Waals surface area contributed by atoms with Crippen LogP contribution in [0.25, 0.3) is 11.3 Å². The van der Waals surface area contributed by atoms with Crippen LogP contribution in [0, 0.1) is 6.92 Å². The topological polar surface area (TPSA) is 55.1 Å². The summed E-state index contributed by atoms with van der Waals surface area (Å²) in [4.78, 5) is 13.1. The van der Waals surface area contributed by atoms with Crippen molar-refractivity contribution in [2.75, 3.05) is 0 Å². The summed E-state index contributed by atoms with van der Waals surface area (Å²) in [5.74, 6) is 0.232. The van der Waals surface area contributed by atoms with E-state index in [-0.39, 0.29) is 11.9 Å². The predicted molar refractivity (Wildman–Crippen MR) is 101 cm³/mol. The number of aromatic nitrogens is 1. The Hall–Kier alpha value is -2.59. The van der Waals surface area contributed by atoms with Crippen LogP contribution in [-0.4, -0.2) is 11.1 Å². The van der Waals surface area contributed by atoms with E-state index in [0.717, 1.165) is 19.3 Å². The fourth-order valence-electron chi connectivity index (χ4n) is 3.60. The third-order valence-electron chi connectivity index (χ3n) is 4.88. The van der Waals surface area contributed by atoms with Crippen LogP contribution < -0.4 is 5.32 Å². The van der Waals surface area contributed by atoms with Crippen molar-refractivity contribution in [3.05, 3.63) is 75.9 Å². The number of hydrogen-bond donors (Lipinski definition) is 1. The number of aryl methyl sites for hydroxylation is 2.